The molecule has 15 heavy (non-hydrogen) atoms. The molecule has 0 bridgehead atoms. The summed E-state index contributed by atoms with van der Waals surface area (Å²) in [5.41, 5.74) is 0.445. The number of rotatable bonds is 4. The van der Waals surface area contributed by atoms with E-state index in [1.165, 1.54) is 0 Å². The molecular formula is C8H10BrClN2O2S. The summed E-state index contributed by atoms with van der Waals surface area (Å²) in [5, 5.41) is 0.535. The van der Waals surface area contributed by atoms with E-state index in [1.807, 2.05) is 0 Å². The summed E-state index contributed by atoms with van der Waals surface area (Å²) in [6.07, 6.45) is 0. The van der Waals surface area contributed by atoms with Crippen molar-refractivity contribution in [3.8, 4) is 0 Å². The molecule has 0 unspecified atom stereocenters. The third kappa shape index (κ3) is 3.98. The minimum absolute atomic E-state index is 0.334. The zero-order valence-electron chi connectivity index (χ0n) is 7.92. The molecule has 2 N–H and O–H groups in total. The van der Waals surface area contributed by atoms with Crippen LogP contribution in [0.15, 0.2) is 22.7 Å². The van der Waals surface area contributed by atoms with Gasteiger partial charge in [0.25, 0.3) is 10.2 Å². The van der Waals surface area contributed by atoms with E-state index in [2.05, 4.69) is 25.4 Å². The molecule has 0 amide bonds. The predicted molar refractivity (Wildman–Crippen MR) is 65.4 cm³/mol. The number of anilines is 1. The predicted octanol–water partition coefficient (Wildman–Crippen LogP) is 2.37. The molecule has 7 heteroatoms. The van der Waals surface area contributed by atoms with Gasteiger partial charge in [-0.1, -0.05) is 18.5 Å². The summed E-state index contributed by atoms with van der Waals surface area (Å²) < 4.78 is 28.0. The molecule has 0 fully saturated rings. The van der Waals surface area contributed by atoms with Crippen molar-refractivity contribution in [3.63, 3.8) is 0 Å². The van der Waals surface area contributed by atoms with Gasteiger partial charge < -0.3 is 0 Å². The third-order valence-electron chi connectivity index (χ3n) is 1.51. The van der Waals surface area contributed by atoms with Gasteiger partial charge in [-0.05, 0) is 34.1 Å². The zero-order valence-corrected chi connectivity index (χ0v) is 11.1. The normalized spacial score (nSPS) is 11.4. The summed E-state index contributed by atoms with van der Waals surface area (Å²) in [7, 11) is -3.49. The highest BCUT2D eigenvalue weighted by Crippen LogP contribution is 2.26. The fraction of sp³-hybridized carbons (Fsp3) is 0.250. The van der Waals surface area contributed by atoms with Crippen LogP contribution in [0.25, 0.3) is 0 Å². The fourth-order valence-corrected chi connectivity index (χ4v) is 2.78. The molecule has 0 saturated carbocycles. The van der Waals surface area contributed by atoms with Crippen LogP contribution in [0, 0.1) is 0 Å². The van der Waals surface area contributed by atoms with E-state index < -0.39 is 10.2 Å². The Morgan fingerprint density at radius 1 is 1.47 bits per heavy atom. The largest absolute Gasteiger partial charge is 0.299 e. The lowest BCUT2D eigenvalue weighted by molar-refractivity contribution is 0.589. The third-order valence-corrected chi connectivity index (χ3v) is 3.56. The molecular weight excluding hydrogens is 304 g/mol. The highest BCUT2D eigenvalue weighted by molar-refractivity contribution is 9.10. The van der Waals surface area contributed by atoms with Crippen molar-refractivity contribution >= 4 is 43.4 Å². The topological polar surface area (TPSA) is 58.2 Å². The van der Waals surface area contributed by atoms with Gasteiger partial charge in [0.15, 0.2) is 0 Å². The van der Waals surface area contributed by atoms with Gasteiger partial charge >= 0.3 is 0 Å². The molecule has 0 aliphatic rings. The Labute approximate surface area is 102 Å². The Kier molecular flexibility index (Phi) is 4.39. The van der Waals surface area contributed by atoms with Crippen LogP contribution >= 0.6 is 27.5 Å². The molecule has 0 aromatic heterocycles. The van der Waals surface area contributed by atoms with Gasteiger partial charge in [0.1, 0.15) is 0 Å². The number of benzene rings is 1. The summed E-state index contributed by atoms with van der Waals surface area (Å²) in [6, 6.07) is 4.81. The summed E-state index contributed by atoms with van der Waals surface area (Å²) in [4.78, 5) is 0. The van der Waals surface area contributed by atoms with Gasteiger partial charge in [-0.3, -0.25) is 4.72 Å². The summed E-state index contributed by atoms with van der Waals surface area (Å²) in [6.45, 7) is 2.04. The molecule has 1 rings (SSSR count). The van der Waals surface area contributed by atoms with E-state index in [0.29, 0.717) is 21.7 Å². The molecule has 0 saturated heterocycles. The van der Waals surface area contributed by atoms with Gasteiger partial charge in [-0.15, -0.1) is 0 Å². The maximum Gasteiger partial charge on any atom is 0.299 e. The van der Waals surface area contributed by atoms with Crippen LogP contribution in [-0.2, 0) is 10.2 Å². The first-order chi connectivity index (χ1) is 6.94. The van der Waals surface area contributed by atoms with E-state index in [4.69, 9.17) is 11.6 Å². The first-order valence-corrected chi connectivity index (χ1v) is 6.82. The minimum Gasteiger partial charge on any atom is -0.270 e. The van der Waals surface area contributed by atoms with E-state index >= 15 is 0 Å². The minimum atomic E-state index is -3.49. The van der Waals surface area contributed by atoms with Crippen LogP contribution in [-0.4, -0.2) is 15.0 Å². The van der Waals surface area contributed by atoms with Crippen LogP contribution in [0.4, 0.5) is 5.69 Å². The molecule has 0 aliphatic heterocycles. The Morgan fingerprint density at radius 2 is 2.13 bits per heavy atom. The van der Waals surface area contributed by atoms with Crippen molar-refractivity contribution in [2.45, 2.75) is 6.92 Å². The lowest BCUT2D eigenvalue weighted by atomic mass is 10.3. The maximum absolute atomic E-state index is 11.4. The molecule has 4 nitrogen and oxygen atoms in total. The van der Waals surface area contributed by atoms with Crippen LogP contribution in [0.1, 0.15) is 6.92 Å². The molecule has 0 atom stereocenters. The first-order valence-electron chi connectivity index (χ1n) is 4.17. The SMILES string of the molecule is CCNS(=O)(=O)Nc1ccc(Cl)cc1Br. The van der Waals surface area contributed by atoms with Crippen molar-refractivity contribution in [2.75, 3.05) is 11.3 Å². The van der Waals surface area contributed by atoms with Crippen molar-refractivity contribution in [3.05, 3.63) is 27.7 Å². The standard InChI is InChI=1S/C8H10BrClN2O2S/c1-2-11-15(13,14)12-8-4-3-6(10)5-7(8)9/h3-5,11-12H,2H2,1H3. The molecule has 1 aromatic rings. The second kappa shape index (κ2) is 5.16. The Bertz CT molecular complexity index is 450. The number of halogens is 2. The number of hydrogen-bond donors (Lipinski definition) is 2. The van der Waals surface area contributed by atoms with Crippen molar-refractivity contribution in [1.82, 2.24) is 4.72 Å². The molecule has 0 aliphatic carbocycles. The zero-order chi connectivity index (χ0) is 11.5. The lowest BCUT2D eigenvalue weighted by Crippen LogP contribution is -2.29. The van der Waals surface area contributed by atoms with Gasteiger partial charge in [0.05, 0.1) is 5.69 Å². The maximum atomic E-state index is 11.4. The van der Waals surface area contributed by atoms with E-state index in [0.717, 1.165) is 0 Å². The fourth-order valence-electron chi connectivity index (χ4n) is 0.943. The van der Waals surface area contributed by atoms with Crippen LogP contribution in [0.2, 0.25) is 5.02 Å². The van der Waals surface area contributed by atoms with Crippen LogP contribution < -0.4 is 9.44 Å². The molecule has 1 aromatic carbocycles. The van der Waals surface area contributed by atoms with Crippen molar-refractivity contribution in [1.29, 1.82) is 0 Å². The monoisotopic (exact) mass is 312 g/mol. The average molecular weight is 314 g/mol. The van der Waals surface area contributed by atoms with E-state index in [-0.39, 0.29) is 0 Å². The smallest absolute Gasteiger partial charge is 0.270 e. The molecule has 84 valence electrons. The molecule has 0 spiro atoms. The lowest BCUT2D eigenvalue weighted by Gasteiger charge is -2.09. The summed E-state index contributed by atoms with van der Waals surface area (Å²) in [5.74, 6) is 0. The van der Waals surface area contributed by atoms with E-state index in [9.17, 15) is 8.42 Å². The van der Waals surface area contributed by atoms with Crippen molar-refractivity contribution in [2.24, 2.45) is 0 Å². The van der Waals surface area contributed by atoms with Crippen molar-refractivity contribution < 1.29 is 8.42 Å². The van der Waals surface area contributed by atoms with Crippen LogP contribution in [0.3, 0.4) is 0 Å². The average Bonchev–Trinajstić information content (AvgIpc) is 2.09. The Morgan fingerprint density at radius 3 is 2.67 bits per heavy atom. The van der Waals surface area contributed by atoms with Gasteiger partial charge in [0, 0.05) is 16.0 Å². The Balaban J connectivity index is 2.90. The molecule has 0 radical (unpaired) electrons. The highest BCUT2D eigenvalue weighted by Gasteiger charge is 2.10. The van der Waals surface area contributed by atoms with Crippen LogP contribution in [0.5, 0.6) is 0 Å². The summed E-state index contributed by atoms with van der Waals surface area (Å²) >= 11 is 8.94. The van der Waals surface area contributed by atoms with Gasteiger partial charge in [0.2, 0.25) is 0 Å². The van der Waals surface area contributed by atoms with E-state index in [1.54, 1.807) is 25.1 Å². The second-order valence-electron chi connectivity index (χ2n) is 2.73. The number of hydrogen-bond acceptors (Lipinski definition) is 2. The van der Waals surface area contributed by atoms with Gasteiger partial charge in [-0.2, -0.15) is 13.1 Å². The molecule has 0 heterocycles. The Hall–Kier alpha value is -0.300. The first kappa shape index (κ1) is 12.8. The second-order valence-corrected chi connectivity index (χ2v) is 5.52. The number of nitrogens with one attached hydrogen (secondary N) is 2. The quantitative estimate of drug-likeness (QED) is 0.896. The highest BCUT2D eigenvalue weighted by atomic mass is 79.9. The van der Waals surface area contributed by atoms with Gasteiger partial charge in [-0.25, -0.2) is 0 Å².